The molecule has 0 saturated carbocycles. The van der Waals surface area contributed by atoms with Crippen molar-refractivity contribution in [1.82, 2.24) is 0 Å². The number of benzene rings is 1. The number of ether oxygens (including phenoxy) is 2. The molecule has 1 rings (SSSR count). The van der Waals surface area contributed by atoms with E-state index in [0.29, 0.717) is 5.75 Å². The maximum Gasteiger partial charge on any atom is 0.344 e. The van der Waals surface area contributed by atoms with Crippen LogP contribution in [0.3, 0.4) is 0 Å². The van der Waals surface area contributed by atoms with Gasteiger partial charge in [-0.25, -0.2) is 4.79 Å². The fraction of sp³-hybridized carbons (Fsp3) is 0.467. The molecule has 118 valence electrons. The van der Waals surface area contributed by atoms with Gasteiger partial charge in [-0.15, -0.1) is 0 Å². The van der Waals surface area contributed by atoms with E-state index in [1.165, 1.54) is 0 Å². The molecule has 0 heterocycles. The molecule has 0 spiro atoms. The third kappa shape index (κ3) is 7.31. The minimum absolute atomic E-state index is 0.159. The second-order valence-electron chi connectivity index (χ2n) is 5.62. The van der Waals surface area contributed by atoms with Crippen molar-refractivity contribution in [1.29, 1.82) is 0 Å². The Kier molecular flexibility index (Phi) is 6.41. The van der Waals surface area contributed by atoms with Gasteiger partial charge in [0, 0.05) is 11.3 Å². The standard InChI is InChI=1S/C15H19N3O4/c1-15(2,3)22-14(20)10-21-13-6-4-11(5-7-13)8-12(19)9-17-18-16/h4-7H,8-10H2,1-3H3. The van der Waals surface area contributed by atoms with Gasteiger partial charge in [0.05, 0.1) is 6.54 Å². The Bertz CT molecular complexity index is 569. The lowest BCUT2D eigenvalue weighted by Crippen LogP contribution is -2.27. The van der Waals surface area contributed by atoms with Gasteiger partial charge >= 0.3 is 5.97 Å². The van der Waals surface area contributed by atoms with E-state index in [1.54, 1.807) is 45.0 Å². The van der Waals surface area contributed by atoms with Crippen LogP contribution in [-0.2, 0) is 20.7 Å². The summed E-state index contributed by atoms with van der Waals surface area (Å²) >= 11 is 0. The lowest BCUT2D eigenvalue weighted by atomic mass is 10.1. The zero-order chi connectivity index (χ0) is 16.6. The number of Topliss-reactive ketones (excluding diaryl/α,β-unsaturated/α-hetero) is 1. The summed E-state index contributed by atoms with van der Waals surface area (Å²) in [6, 6.07) is 6.78. The molecule has 0 unspecified atom stereocenters. The van der Waals surface area contributed by atoms with Gasteiger partial charge in [0.1, 0.15) is 17.1 Å². The van der Waals surface area contributed by atoms with E-state index in [2.05, 4.69) is 10.0 Å². The first-order chi connectivity index (χ1) is 10.3. The normalized spacial score (nSPS) is 10.5. The van der Waals surface area contributed by atoms with Crippen LogP contribution in [0.4, 0.5) is 0 Å². The maximum absolute atomic E-state index is 11.5. The smallest absolute Gasteiger partial charge is 0.344 e. The molecule has 0 aromatic heterocycles. The van der Waals surface area contributed by atoms with E-state index in [-0.39, 0.29) is 25.4 Å². The largest absolute Gasteiger partial charge is 0.482 e. The molecule has 0 aliphatic carbocycles. The highest BCUT2D eigenvalue weighted by molar-refractivity contribution is 5.82. The van der Waals surface area contributed by atoms with Crippen molar-refractivity contribution in [2.75, 3.05) is 13.2 Å². The average Bonchev–Trinajstić information content (AvgIpc) is 2.42. The van der Waals surface area contributed by atoms with Crippen molar-refractivity contribution in [3.05, 3.63) is 40.3 Å². The maximum atomic E-state index is 11.5. The van der Waals surface area contributed by atoms with Crippen molar-refractivity contribution in [2.45, 2.75) is 32.8 Å². The summed E-state index contributed by atoms with van der Waals surface area (Å²) in [6.07, 6.45) is 0.186. The topological polar surface area (TPSA) is 101 Å². The second-order valence-corrected chi connectivity index (χ2v) is 5.62. The predicted octanol–water partition coefficient (Wildman–Crippen LogP) is 2.83. The van der Waals surface area contributed by atoms with Gasteiger partial charge in [0.2, 0.25) is 0 Å². The molecule has 7 heteroatoms. The number of carbonyl (C=O) groups is 2. The van der Waals surface area contributed by atoms with Gasteiger partial charge in [-0.05, 0) is 44.0 Å². The van der Waals surface area contributed by atoms with Crippen molar-refractivity contribution < 1.29 is 19.1 Å². The number of hydrogen-bond acceptors (Lipinski definition) is 5. The average molecular weight is 305 g/mol. The van der Waals surface area contributed by atoms with E-state index in [1.807, 2.05) is 0 Å². The number of ketones is 1. The number of esters is 1. The van der Waals surface area contributed by atoms with E-state index in [4.69, 9.17) is 15.0 Å². The first kappa shape index (κ1) is 17.5. The molecule has 0 N–H and O–H groups in total. The number of hydrogen-bond donors (Lipinski definition) is 0. The number of rotatable bonds is 7. The Balaban J connectivity index is 2.46. The highest BCUT2D eigenvalue weighted by atomic mass is 16.6. The monoisotopic (exact) mass is 305 g/mol. The SMILES string of the molecule is CC(C)(C)OC(=O)COc1ccc(CC(=O)CN=[N+]=[N-])cc1. The molecule has 22 heavy (non-hydrogen) atoms. The summed E-state index contributed by atoms with van der Waals surface area (Å²) in [5.41, 5.74) is 8.38. The van der Waals surface area contributed by atoms with Gasteiger partial charge in [0.15, 0.2) is 6.61 Å². The first-order valence-corrected chi connectivity index (χ1v) is 6.76. The summed E-state index contributed by atoms with van der Waals surface area (Å²) in [6.45, 7) is 5.02. The lowest BCUT2D eigenvalue weighted by molar-refractivity contribution is -0.157. The quantitative estimate of drug-likeness (QED) is 0.334. The van der Waals surface area contributed by atoms with Crippen molar-refractivity contribution in [3.8, 4) is 5.75 Å². The molecule has 0 saturated heterocycles. The van der Waals surface area contributed by atoms with Crippen LogP contribution in [0.25, 0.3) is 10.4 Å². The Hall–Kier alpha value is -2.53. The van der Waals surface area contributed by atoms with E-state index < -0.39 is 11.6 Å². The van der Waals surface area contributed by atoms with Gasteiger partial charge in [-0.2, -0.15) is 0 Å². The molecule has 7 nitrogen and oxygen atoms in total. The van der Waals surface area contributed by atoms with E-state index in [0.717, 1.165) is 5.56 Å². The molecule has 0 fully saturated rings. The minimum atomic E-state index is -0.545. The highest BCUT2D eigenvalue weighted by Gasteiger charge is 2.16. The third-order valence-corrected chi connectivity index (χ3v) is 2.41. The first-order valence-electron chi connectivity index (χ1n) is 6.76. The number of azide groups is 1. The molecule has 0 bridgehead atoms. The number of nitrogens with zero attached hydrogens (tertiary/aromatic N) is 3. The summed E-state index contributed by atoms with van der Waals surface area (Å²) in [7, 11) is 0. The van der Waals surface area contributed by atoms with Crippen molar-refractivity contribution in [2.24, 2.45) is 5.11 Å². The molecular weight excluding hydrogens is 286 g/mol. The molecule has 0 aliphatic heterocycles. The van der Waals surface area contributed by atoms with Crippen LogP contribution in [0, 0.1) is 0 Å². The fourth-order valence-electron chi connectivity index (χ4n) is 1.61. The summed E-state index contributed by atoms with van der Waals surface area (Å²) in [5, 5.41) is 3.22. The minimum Gasteiger partial charge on any atom is -0.482 e. The summed E-state index contributed by atoms with van der Waals surface area (Å²) in [4.78, 5) is 25.5. The number of carbonyl (C=O) groups excluding carboxylic acids is 2. The molecule has 1 aromatic rings. The van der Waals surface area contributed by atoms with Crippen LogP contribution in [0.15, 0.2) is 29.4 Å². The molecule has 1 aromatic carbocycles. The van der Waals surface area contributed by atoms with Crippen LogP contribution in [0.1, 0.15) is 26.3 Å². The van der Waals surface area contributed by atoms with Crippen molar-refractivity contribution in [3.63, 3.8) is 0 Å². The van der Waals surface area contributed by atoms with Gasteiger partial charge in [-0.1, -0.05) is 17.2 Å². The van der Waals surface area contributed by atoms with Crippen LogP contribution >= 0.6 is 0 Å². The fourth-order valence-corrected chi connectivity index (χ4v) is 1.61. The van der Waals surface area contributed by atoms with Gasteiger partial charge in [0.25, 0.3) is 0 Å². The Morgan fingerprint density at radius 1 is 1.23 bits per heavy atom. The third-order valence-electron chi connectivity index (χ3n) is 2.41. The second kappa shape index (κ2) is 8.05. The Morgan fingerprint density at radius 3 is 2.41 bits per heavy atom. The van der Waals surface area contributed by atoms with Gasteiger partial charge < -0.3 is 9.47 Å². The van der Waals surface area contributed by atoms with Crippen LogP contribution in [0.5, 0.6) is 5.75 Å². The van der Waals surface area contributed by atoms with Crippen molar-refractivity contribution >= 4 is 11.8 Å². The zero-order valence-corrected chi connectivity index (χ0v) is 12.9. The lowest BCUT2D eigenvalue weighted by Gasteiger charge is -2.19. The molecule has 0 atom stereocenters. The summed E-state index contributed by atoms with van der Waals surface area (Å²) in [5.74, 6) is -0.0987. The van der Waals surface area contributed by atoms with E-state index in [9.17, 15) is 9.59 Å². The van der Waals surface area contributed by atoms with Gasteiger partial charge in [-0.3, -0.25) is 4.79 Å². The van der Waals surface area contributed by atoms with E-state index >= 15 is 0 Å². The molecule has 0 amide bonds. The van der Waals surface area contributed by atoms with Crippen LogP contribution in [-0.4, -0.2) is 30.5 Å². The summed E-state index contributed by atoms with van der Waals surface area (Å²) < 4.78 is 10.4. The Morgan fingerprint density at radius 2 is 1.86 bits per heavy atom. The molecular formula is C15H19N3O4. The Labute approximate surface area is 128 Å². The highest BCUT2D eigenvalue weighted by Crippen LogP contribution is 2.14. The molecule has 0 radical (unpaired) electrons. The predicted molar refractivity (Wildman–Crippen MR) is 80.5 cm³/mol. The van der Waals surface area contributed by atoms with Crippen LogP contribution in [0.2, 0.25) is 0 Å². The van der Waals surface area contributed by atoms with Crippen LogP contribution < -0.4 is 4.74 Å². The molecule has 0 aliphatic rings. The zero-order valence-electron chi connectivity index (χ0n) is 12.9.